The molecule has 1 saturated heterocycles. The second kappa shape index (κ2) is 9.27. The molecule has 2 aliphatic rings. The summed E-state index contributed by atoms with van der Waals surface area (Å²) in [6.07, 6.45) is 2.37. The summed E-state index contributed by atoms with van der Waals surface area (Å²) in [6.45, 7) is 1.74. The van der Waals surface area contributed by atoms with Gasteiger partial charge in [-0.2, -0.15) is 10.2 Å². The first-order valence-corrected chi connectivity index (χ1v) is 10.3. The number of carbonyl (C=O) groups is 2. The Hall–Kier alpha value is -3.59. The molecule has 1 unspecified atom stereocenters. The summed E-state index contributed by atoms with van der Waals surface area (Å²) in [5, 5.41) is 20.3. The minimum absolute atomic E-state index is 0.0781. The van der Waals surface area contributed by atoms with Crippen molar-refractivity contribution < 1.29 is 23.8 Å². The van der Waals surface area contributed by atoms with Crippen LogP contribution in [0.2, 0.25) is 0 Å². The van der Waals surface area contributed by atoms with Gasteiger partial charge >= 0.3 is 6.09 Å². The van der Waals surface area contributed by atoms with E-state index in [0.717, 1.165) is 5.56 Å². The van der Waals surface area contributed by atoms with E-state index in [9.17, 15) is 19.1 Å². The number of anilines is 1. The van der Waals surface area contributed by atoms with E-state index in [4.69, 9.17) is 4.74 Å². The van der Waals surface area contributed by atoms with E-state index in [2.05, 4.69) is 15.5 Å². The van der Waals surface area contributed by atoms with Crippen LogP contribution >= 0.6 is 0 Å². The number of carbonyl (C=O) groups excluding carboxylic acids is 2. The van der Waals surface area contributed by atoms with Crippen LogP contribution in [0.3, 0.4) is 0 Å². The van der Waals surface area contributed by atoms with Crippen LogP contribution in [0.15, 0.2) is 65.0 Å². The first kappa shape index (κ1) is 21.6. The lowest BCUT2D eigenvalue weighted by molar-refractivity contribution is -0.119. The SMILES string of the molecule is CC(=O)NC[C@H]1CN(c2ccc(-c3ccc([C@H](CO)C4C=CN=N4)cc3)c(F)c2)C(=O)O1. The fourth-order valence-electron chi connectivity index (χ4n) is 3.82. The molecule has 0 aliphatic carbocycles. The Morgan fingerprint density at radius 1 is 1.31 bits per heavy atom. The lowest BCUT2D eigenvalue weighted by Gasteiger charge is -2.18. The van der Waals surface area contributed by atoms with E-state index < -0.39 is 18.0 Å². The molecule has 2 heterocycles. The first-order chi connectivity index (χ1) is 15.5. The Kier molecular flexibility index (Phi) is 6.27. The quantitative estimate of drug-likeness (QED) is 0.692. The van der Waals surface area contributed by atoms with Crippen LogP contribution < -0.4 is 10.2 Å². The summed E-state index contributed by atoms with van der Waals surface area (Å²) < 4.78 is 20.2. The van der Waals surface area contributed by atoms with Gasteiger partial charge in [0, 0.05) is 24.6 Å². The van der Waals surface area contributed by atoms with Gasteiger partial charge < -0.3 is 15.2 Å². The second-order valence-corrected chi connectivity index (χ2v) is 7.69. The molecule has 0 spiro atoms. The number of aliphatic hydroxyl groups is 1. The van der Waals surface area contributed by atoms with Gasteiger partial charge in [0.05, 0.1) is 25.4 Å². The summed E-state index contributed by atoms with van der Waals surface area (Å²) in [4.78, 5) is 24.6. The number of nitrogens with zero attached hydrogens (tertiary/aromatic N) is 3. The zero-order valence-electron chi connectivity index (χ0n) is 17.4. The lowest BCUT2D eigenvalue weighted by atomic mass is 9.91. The maximum Gasteiger partial charge on any atom is 0.414 e. The van der Waals surface area contributed by atoms with Crippen LogP contribution in [0.5, 0.6) is 0 Å². The molecule has 1 fully saturated rings. The highest BCUT2D eigenvalue weighted by atomic mass is 19.1. The number of nitrogens with one attached hydrogen (secondary N) is 1. The van der Waals surface area contributed by atoms with Gasteiger partial charge in [0.2, 0.25) is 5.91 Å². The van der Waals surface area contributed by atoms with Gasteiger partial charge in [-0.1, -0.05) is 24.3 Å². The van der Waals surface area contributed by atoms with E-state index in [1.165, 1.54) is 17.9 Å². The largest absolute Gasteiger partial charge is 0.442 e. The van der Waals surface area contributed by atoms with Crippen LogP contribution in [-0.2, 0) is 9.53 Å². The Morgan fingerprint density at radius 2 is 2.09 bits per heavy atom. The van der Waals surface area contributed by atoms with Gasteiger partial charge in [-0.05, 0) is 35.4 Å². The molecule has 0 bridgehead atoms. The highest BCUT2D eigenvalue weighted by molar-refractivity contribution is 5.90. The minimum atomic E-state index is -0.579. The highest BCUT2D eigenvalue weighted by Crippen LogP contribution is 2.31. The maximum absolute atomic E-state index is 14.9. The van der Waals surface area contributed by atoms with Gasteiger partial charge in [-0.25, -0.2) is 9.18 Å². The van der Waals surface area contributed by atoms with Gasteiger partial charge in [-0.3, -0.25) is 9.69 Å². The molecule has 2 N–H and O–H groups in total. The number of benzene rings is 2. The molecule has 2 aromatic rings. The molecule has 32 heavy (non-hydrogen) atoms. The van der Waals surface area contributed by atoms with Crippen molar-refractivity contribution in [3.8, 4) is 11.1 Å². The van der Waals surface area contributed by atoms with Crippen molar-refractivity contribution in [2.45, 2.75) is 25.0 Å². The normalized spacial score (nSPS) is 20.5. The lowest BCUT2D eigenvalue weighted by Crippen LogP contribution is -2.33. The average molecular weight is 438 g/mol. The number of rotatable bonds is 7. The number of cyclic esters (lactones) is 1. The van der Waals surface area contributed by atoms with Crippen LogP contribution in [0, 0.1) is 5.82 Å². The average Bonchev–Trinajstić information content (AvgIpc) is 3.43. The maximum atomic E-state index is 14.9. The molecule has 166 valence electrons. The number of hydrogen-bond acceptors (Lipinski definition) is 6. The number of ether oxygens (including phenoxy) is 1. The fraction of sp³-hybridized carbons (Fsp3) is 0.304. The van der Waals surface area contributed by atoms with E-state index in [1.807, 2.05) is 18.2 Å². The third-order valence-corrected chi connectivity index (χ3v) is 5.53. The Balaban J connectivity index is 1.49. The summed E-state index contributed by atoms with van der Waals surface area (Å²) in [5.41, 5.74) is 2.33. The number of aliphatic hydroxyl groups excluding tert-OH is 1. The molecule has 2 aliphatic heterocycles. The molecule has 9 heteroatoms. The Labute approximate surface area is 184 Å². The molecule has 3 atom stereocenters. The molecule has 2 aromatic carbocycles. The molecule has 4 rings (SSSR count). The van der Waals surface area contributed by atoms with Crippen LogP contribution in [0.4, 0.5) is 14.9 Å². The van der Waals surface area contributed by atoms with E-state index in [-0.39, 0.29) is 37.6 Å². The van der Waals surface area contributed by atoms with E-state index in [0.29, 0.717) is 16.8 Å². The number of azo groups is 1. The first-order valence-electron chi connectivity index (χ1n) is 10.3. The second-order valence-electron chi connectivity index (χ2n) is 7.69. The Morgan fingerprint density at radius 3 is 2.72 bits per heavy atom. The summed E-state index contributed by atoms with van der Waals surface area (Å²) in [5.74, 6) is -0.902. The monoisotopic (exact) mass is 438 g/mol. The summed E-state index contributed by atoms with van der Waals surface area (Å²) >= 11 is 0. The van der Waals surface area contributed by atoms with Crippen LogP contribution in [0.25, 0.3) is 11.1 Å². The zero-order valence-corrected chi connectivity index (χ0v) is 17.4. The molecule has 8 nitrogen and oxygen atoms in total. The van der Waals surface area contributed by atoms with Crippen molar-refractivity contribution >= 4 is 17.7 Å². The van der Waals surface area contributed by atoms with Crippen molar-refractivity contribution in [2.75, 3.05) is 24.6 Å². The third kappa shape index (κ3) is 4.52. The highest BCUT2D eigenvalue weighted by Gasteiger charge is 2.32. The van der Waals surface area contributed by atoms with Crippen LogP contribution in [0.1, 0.15) is 18.4 Å². The predicted octanol–water partition coefficient (Wildman–Crippen LogP) is 3.38. The van der Waals surface area contributed by atoms with Gasteiger partial charge in [-0.15, -0.1) is 0 Å². The van der Waals surface area contributed by atoms with E-state index >= 15 is 0 Å². The molecule has 2 amide bonds. The zero-order chi connectivity index (χ0) is 22.7. The van der Waals surface area contributed by atoms with Crippen molar-refractivity contribution in [2.24, 2.45) is 10.2 Å². The van der Waals surface area contributed by atoms with Gasteiger partial charge in [0.1, 0.15) is 18.0 Å². The summed E-state index contributed by atoms with van der Waals surface area (Å²) in [6, 6.07) is 11.6. The fourth-order valence-corrected chi connectivity index (χ4v) is 3.82. The molecular formula is C23H23FN4O4. The van der Waals surface area contributed by atoms with E-state index in [1.54, 1.807) is 30.5 Å². The van der Waals surface area contributed by atoms with Gasteiger partial charge in [0.25, 0.3) is 0 Å². The topological polar surface area (TPSA) is 104 Å². The van der Waals surface area contributed by atoms with Crippen molar-refractivity contribution in [1.82, 2.24) is 5.32 Å². The smallest absolute Gasteiger partial charge is 0.414 e. The number of halogens is 1. The van der Waals surface area contributed by atoms with Crippen molar-refractivity contribution in [1.29, 1.82) is 0 Å². The van der Waals surface area contributed by atoms with Gasteiger partial charge in [0.15, 0.2) is 0 Å². The van der Waals surface area contributed by atoms with Crippen molar-refractivity contribution in [3.05, 3.63) is 66.1 Å². The number of amides is 2. The third-order valence-electron chi connectivity index (χ3n) is 5.53. The van der Waals surface area contributed by atoms with Crippen LogP contribution in [-0.4, -0.2) is 48.9 Å². The predicted molar refractivity (Wildman–Crippen MR) is 116 cm³/mol. The Bertz CT molecular complexity index is 1060. The molecule has 0 radical (unpaired) electrons. The standard InChI is InChI=1S/C23H23FN4O4/c1-14(30)25-11-18-12-28(23(31)32-18)17-6-7-19(21(24)10-17)15-2-4-16(5-3-15)20(13-29)22-8-9-26-27-22/h2-10,18,20,22,29H,11-13H2,1H3,(H,25,30)/t18-,20-,22?/m0/s1. The molecule has 0 aromatic heterocycles. The molecule has 0 saturated carbocycles. The minimum Gasteiger partial charge on any atom is -0.442 e. The number of hydrogen-bond donors (Lipinski definition) is 2. The van der Waals surface area contributed by atoms with Crippen molar-refractivity contribution in [3.63, 3.8) is 0 Å². The summed E-state index contributed by atoms with van der Waals surface area (Å²) in [7, 11) is 0. The molecular weight excluding hydrogens is 415 g/mol.